The minimum absolute atomic E-state index is 0.200. The van der Waals surface area contributed by atoms with E-state index in [1.807, 2.05) is 54.3 Å². The molecule has 1 amide bonds. The maximum Gasteiger partial charge on any atom is 0.236 e. The third-order valence-electron chi connectivity index (χ3n) is 6.18. The molecule has 9 heteroatoms. The van der Waals surface area contributed by atoms with Gasteiger partial charge in [0.25, 0.3) is 0 Å². The molecule has 3 aromatic rings. The van der Waals surface area contributed by atoms with Gasteiger partial charge in [-0.2, -0.15) is 0 Å². The highest BCUT2D eigenvalue weighted by Gasteiger charge is 2.59. The summed E-state index contributed by atoms with van der Waals surface area (Å²) in [5.74, 6) is 0.576. The Labute approximate surface area is 216 Å². The van der Waals surface area contributed by atoms with Crippen molar-refractivity contribution in [2.24, 2.45) is 5.92 Å². The lowest BCUT2D eigenvalue weighted by atomic mass is 9.78. The van der Waals surface area contributed by atoms with Crippen LogP contribution in [0.3, 0.4) is 0 Å². The first-order valence-corrected chi connectivity index (χ1v) is 12.2. The monoisotopic (exact) mass is 557 g/mol. The van der Waals surface area contributed by atoms with Crippen LogP contribution >= 0.6 is 39.7 Å². The lowest BCUT2D eigenvalue weighted by Crippen LogP contribution is -2.72. The average molecular weight is 559 g/mol. The first kappa shape index (κ1) is 23.0. The molecule has 0 aliphatic carbocycles. The summed E-state index contributed by atoms with van der Waals surface area (Å²) >= 11 is 15.3. The number of nitrogens with one attached hydrogen (secondary N) is 2. The second-order valence-electron chi connectivity index (χ2n) is 8.27. The van der Waals surface area contributed by atoms with E-state index in [0.717, 1.165) is 21.5 Å². The molecule has 3 atom stereocenters. The molecule has 0 aromatic heterocycles. The number of rotatable bonds is 4. The van der Waals surface area contributed by atoms with Crippen LogP contribution in [0.2, 0.25) is 5.02 Å². The molecular formula is C25H21BrClN3O3S. The van der Waals surface area contributed by atoms with Gasteiger partial charge in [-0.25, -0.2) is 0 Å². The van der Waals surface area contributed by atoms with Crippen LogP contribution in [0.15, 0.2) is 71.2 Å². The smallest absolute Gasteiger partial charge is 0.236 e. The molecule has 34 heavy (non-hydrogen) atoms. The molecule has 2 N–H and O–H groups in total. The molecule has 0 radical (unpaired) electrons. The fourth-order valence-corrected chi connectivity index (χ4v) is 5.55. The topological polar surface area (TPSA) is 62.8 Å². The molecule has 3 unspecified atom stereocenters. The van der Waals surface area contributed by atoms with E-state index in [2.05, 4.69) is 26.6 Å². The number of hydrogen-bond acceptors (Lipinski definition) is 4. The Balaban J connectivity index is 1.60. The van der Waals surface area contributed by atoms with Gasteiger partial charge in [-0.3, -0.25) is 9.69 Å². The maximum absolute atomic E-state index is 13.8. The normalized spacial score (nSPS) is 22.8. The van der Waals surface area contributed by atoms with Crippen LogP contribution in [0.1, 0.15) is 18.5 Å². The Hall–Kier alpha value is -2.81. The van der Waals surface area contributed by atoms with Gasteiger partial charge < -0.3 is 20.1 Å². The summed E-state index contributed by atoms with van der Waals surface area (Å²) in [6.07, 6.45) is 0. The molecule has 2 bridgehead atoms. The predicted octanol–water partition coefficient (Wildman–Crippen LogP) is 5.91. The zero-order chi connectivity index (χ0) is 24.0. The molecular weight excluding hydrogens is 538 g/mol. The van der Waals surface area contributed by atoms with Crippen molar-refractivity contribution in [1.29, 1.82) is 0 Å². The quantitative estimate of drug-likeness (QED) is 0.388. The third kappa shape index (κ3) is 3.89. The summed E-state index contributed by atoms with van der Waals surface area (Å²) in [5, 5.41) is 7.49. The van der Waals surface area contributed by atoms with Crippen molar-refractivity contribution < 1.29 is 14.3 Å². The molecule has 0 saturated carbocycles. The molecule has 174 valence electrons. The van der Waals surface area contributed by atoms with E-state index in [0.29, 0.717) is 21.6 Å². The number of nitrogens with zero attached hydrogens (tertiary/aromatic N) is 1. The Morgan fingerprint density at radius 3 is 2.56 bits per heavy atom. The van der Waals surface area contributed by atoms with Crippen molar-refractivity contribution in [3.8, 4) is 11.5 Å². The zero-order valence-electron chi connectivity index (χ0n) is 18.3. The van der Waals surface area contributed by atoms with Crippen molar-refractivity contribution in [3.05, 3.63) is 81.8 Å². The number of carbonyl (C=O) groups excluding carboxylic acids is 1. The molecule has 0 spiro atoms. The number of anilines is 2. The van der Waals surface area contributed by atoms with Crippen LogP contribution < -0.4 is 25.0 Å². The van der Waals surface area contributed by atoms with Gasteiger partial charge in [0.05, 0.1) is 13.2 Å². The number of halogens is 2. The van der Waals surface area contributed by atoms with Crippen LogP contribution in [-0.4, -0.2) is 23.9 Å². The first-order chi connectivity index (χ1) is 16.3. The summed E-state index contributed by atoms with van der Waals surface area (Å²) in [7, 11) is 1.62. The highest BCUT2D eigenvalue weighted by molar-refractivity contribution is 9.10. The number of hydrogen-bond donors (Lipinski definition) is 2. The van der Waals surface area contributed by atoms with Crippen LogP contribution in [0.5, 0.6) is 11.5 Å². The molecule has 2 aliphatic heterocycles. The maximum atomic E-state index is 13.8. The summed E-state index contributed by atoms with van der Waals surface area (Å²) in [5.41, 5.74) is 1.19. The first-order valence-electron chi connectivity index (χ1n) is 10.6. The largest absolute Gasteiger partial charge is 0.497 e. The number of benzene rings is 3. The fourth-order valence-electron chi connectivity index (χ4n) is 4.63. The molecule has 2 heterocycles. The van der Waals surface area contributed by atoms with Crippen LogP contribution in [0.4, 0.5) is 11.4 Å². The Kier molecular flexibility index (Phi) is 5.91. The highest BCUT2D eigenvalue weighted by Crippen LogP contribution is 2.50. The zero-order valence-corrected chi connectivity index (χ0v) is 21.5. The number of fused-ring (bicyclic) bond motifs is 4. The van der Waals surface area contributed by atoms with Gasteiger partial charge in [-0.05, 0) is 85.9 Å². The summed E-state index contributed by atoms with van der Waals surface area (Å²) in [4.78, 5) is 15.6. The van der Waals surface area contributed by atoms with Crippen molar-refractivity contribution in [1.82, 2.24) is 5.32 Å². The number of thiocarbonyl (C=S) groups is 1. The number of ether oxygens (including phenoxy) is 2. The third-order valence-corrected chi connectivity index (χ3v) is 7.23. The van der Waals surface area contributed by atoms with E-state index in [4.69, 9.17) is 33.3 Å². The Morgan fingerprint density at radius 1 is 1.18 bits per heavy atom. The second kappa shape index (κ2) is 8.76. The van der Waals surface area contributed by atoms with Crippen molar-refractivity contribution in [3.63, 3.8) is 0 Å². The van der Waals surface area contributed by atoms with Gasteiger partial charge in [0.15, 0.2) is 10.8 Å². The summed E-state index contributed by atoms with van der Waals surface area (Å²) in [6.45, 7) is 1.90. The standard InChI is InChI=1S/C25H21BrClN3O3S/c1-25-21(23(31)28-16-6-4-15(27)5-7-16)22(19-13-14(26)3-12-20(19)33-25)29-24(34)30(25)17-8-10-18(32-2)11-9-17/h3-13,21-22H,1-2H3,(H,28,31)(H,29,34). The van der Waals surface area contributed by atoms with Crippen LogP contribution in [0, 0.1) is 5.92 Å². The van der Waals surface area contributed by atoms with Crippen LogP contribution in [0.25, 0.3) is 0 Å². The number of methoxy groups -OCH3 is 1. The lowest BCUT2D eigenvalue weighted by molar-refractivity contribution is -0.130. The second-order valence-corrected chi connectivity index (χ2v) is 10.0. The summed E-state index contributed by atoms with van der Waals surface area (Å²) < 4.78 is 12.8. The number of carbonyl (C=O) groups is 1. The number of amides is 1. The van der Waals surface area contributed by atoms with E-state index in [1.54, 1.807) is 31.4 Å². The highest BCUT2D eigenvalue weighted by atomic mass is 79.9. The fraction of sp³-hybridized carbons (Fsp3) is 0.200. The van der Waals surface area contributed by atoms with E-state index in [9.17, 15) is 4.79 Å². The Bertz CT molecular complexity index is 1270. The van der Waals surface area contributed by atoms with E-state index >= 15 is 0 Å². The average Bonchev–Trinajstić information content (AvgIpc) is 2.81. The van der Waals surface area contributed by atoms with Crippen molar-refractivity contribution in [2.75, 3.05) is 17.3 Å². The predicted molar refractivity (Wildman–Crippen MR) is 141 cm³/mol. The van der Waals surface area contributed by atoms with Crippen LogP contribution in [-0.2, 0) is 4.79 Å². The van der Waals surface area contributed by atoms with Gasteiger partial charge >= 0.3 is 0 Å². The van der Waals surface area contributed by atoms with Gasteiger partial charge in [0.1, 0.15) is 17.4 Å². The van der Waals surface area contributed by atoms with E-state index in [1.165, 1.54) is 0 Å². The van der Waals surface area contributed by atoms with Gasteiger partial charge in [0, 0.05) is 26.4 Å². The molecule has 6 nitrogen and oxygen atoms in total. The molecule has 3 aromatic carbocycles. The molecule has 1 saturated heterocycles. The van der Waals surface area contributed by atoms with Gasteiger partial charge in [0.2, 0.25) is 5.91 Å². The van der Waals surface area contributed by atoms with E-state index < -0.39 is 11.6 Å². The SMILES string of the molecule is COc1ccc(N2C(=S)NC3c4cc(Br)ccc4OC2(C)C3C(=O)Nc2ccc(Cl)cc2)cc1. The van der Waals surface area contributed by atoms with E-state index in [-0.39, 0.29) is 11.9 Å². The van der Waals surface area contributed by atoms with Gasteiger partial charge in [-0.15, -0.1) is 0 Å². The molecule has 1 fully saturated rings. The minimum Gasteiger partial charge on any atom is -0.497 e. The van der Waals surface area contributed by atoms with Gasteiger partial charge in [-0.1, -0.05) is 27.5 Å². The molecule has 5 rings (SSSR count). The molecule has 2 aliphatic rings. The van der Waals surface area contributed by atoms with Crippen molar-refractivity contribution >= 4 is 62.1 Å². The lowest BCUT2D eigenvalue weighted by Gasteiger charge is -2.56. The minimum atomic E-state index is -1.10. The Morgan fingerprint density at radius 2 is 1.88 bits per heavy atom. The van der Waals surface area contributed by atoms with Crippen molar-refractivity contribution in [2.45, 2.75) is 18.7 Å². The summed E-state index contributed by atoms with van der Waals surface area (Å²) in [6, 6.07) is 19.9.